The predicted octanol–water partition coefficient (Wildman–Crippen LogP) is 0.896. The van der Waals surface area contributed by atoms with Crippen LogP contribution in [-0.2, 0) is 9.53 Å². The van der Waals surface area contributed by atoms with Crippen molar-refractivity contribution >= 4 is 53.4 Å². The van der Waals surface area contributed by atoms with Gasteiger partial charge in [0.05, 0.1) is 11.6 Å². The number of aromatic nitrogens is 2. The summed E-state index contributed by atoms with van der Waals surface area (Å²) in [6, 6.07) is 0. The van der Waals surface area contributed by atoms with E-state index in [1.165, 1.54) is 0 Å². The summed E-state index contributed by atoms with van der Waals surface area (Å²) in [5, 5.41) is 13.4. The molecule has 13 heteroatoms. The van der Waals surface area contributed by atoms with E-state index in [1.807, 2.05) is 19.1 Å². The molecule has 1 aliphatic rings. The Bertz CT molecular complexity index is 877. The number of carbonyl (C=O) groups excluding carboxylic acids is 2. The minimum Gasteiger partial charge on any atom is -0.382 e. The first-order chi connectivity index (χ1) is 14.2. The molecule has 1 heterocycles. The number of nitrogens with zero attached hydrogens (tertiary/aromatic N) is 2. The Kier molecular flexibility index (Phi) is 9.69. The van der Waals surface area contributed by atoms with Crippen LogP contribution in [0, 0.1) is 5.41 Å². The van der Waals surface area contributed by atoms with E-state index in [2.05, 4.69) is 20.6 Å². The summed E-state index contributed by atoms with van der Waals surface area (Å²) in [6.45, 7) is 1.84. The number of carbonyl (C=O) groups is 2. The molecular formula is C18H26Cl2N8O3. The molecule has 0 unspecified atom stereocenters. The average molecular weight is 473 g/mol. The third-order valence-electron chi connectivity index (χ3n) is 4.24. The van der Waals surface area contributed by atoms with Gasteiger partial charge in [-0.1, -0.05) is 55.7 Å². The molecule has 1 aromatic rings. The molecule has 0 aliphatic heterocycles. The van der Waals surface area contributed by atoms with Crippen molar-refractivity contribution in [3.8, 4) is 0 Å². The van der Waals surface area contributed by atoms with E-state index >= 15 is 0 Å². The van der Waals surface area contributed by atoms with Crippen LogP contribution in [0.4, 0.5) is 11.6 Å². The fourth-order valence-corrected chi connectivity index (χ4v) is 2.90. The number of guanidine groups is 1. The number of nitrogens with two attached hydrogens (primary N) is 3. The Morgan fingerprint density at radius 3 is 2.48 bits per heavy atom. The lowest BCUT2D eigenvalue weighted by molar-refractivity contribution is -0.123. The Labute approximate surface area is 190 Å². The molecule has 31 heavy (non-hydrogen) atoms. The summed E-state index contributed by atoms with van der Waals surface area (Å²) in [5.41, 5.74) is 15.3. The Morgan fingerprint density at radius 1 is 1.26 bits per heavy atom. The van der Waals surface area contributed by atoms with Gasteiger partial charge in [-0.05, 0) is 6.42 Å². The van der Waals surface area contributed by atoms with Crippen molar-refractivity contribution in [2.24, 2.45) is 5.73 Å². The van der Waals surface area contributed by atoms with Crippen LogP contribution >= 0.6 is 24.0 Å². The first-order valence-electron chi connectivity index (χ1n) is 9.21. The van der Waals surface area contributed by atoms with Crippen molar-refractivity contribution in [3.05, 3.63) is 35.2 Å². The van der Waals surface area contributed by atoms with Crippen molar-refractivity contribution < 1.29 is 14.3 Å². The SMILES string of the molecule is CCCCC1(NC(=N)NC(=O)c2nc(Cl)c(N)nc2N)C=CC(OCC(N)=O)C=C1.Cl. The number of anilines is 2. The van der Waals surface area contributed by atoms with E-state index in [0.29, 0.717) is 6.42 Å². The highest BCUT2D eigenvalue weighted by Gasteiger charge is 2.29. The number of hydrogen-bond acceptors (Lipinski definition) is 8. The van der Waals surface area contributed by atoms with Crippen LogP contribution in [0.2, 0.25) is 5.15 Å². The van der Waals surface area contributed by atoms with Gasteiger partial charge in [0.15, 0.2) is 28.4 Å². The van der Waals surface area contributed by atoms with Crippen LogP contribution in [0.25, 0.3) is 0 Å². The van der Waals surface area contributed by atoms with E-state index in [-0.39, 0.29) is 47.5 Å². The number of unbranched alkanes of at least 4 members (excludes halogenated alkanes) is 1. The quantitative estimate of drug-likeness (QED) is 0.182. The normalized spacial score (nSPS) is 19.4. The van der Waals surface area contributed by atoms with Crippen molar-refractivity contribution in [3.63, 3.8) is 0 Å². The molecule has 0 atom stereocenters. The zero-order valence-electron chi connectivity index (χ0n) is 16.9. The van der Waals surface area contributed by atoms with E-state index in [1.54, 1.807) is 12.2 Å². The topological polar surface area (TPSA) is 195 Å². The molecule has 1 aromatic heterocycles. The molecule has 2 amide bonds. The van der Waals surface area contributed by atoms with Crippen LogP contribution < -0.4 is 27.8 Å². The number of nitrogens with one attached hydrogen (secondary N) is 3. The van der Waals surface area contributed by atoms with Gasteiger partial charge in [0.25, 0.3) is 5.91 Å². The molecule has 0 saturated carbocycles. The van der Waals surface area contributed by atoms with E-state index in [0.717, 1.165) is 12.8 Å². The Hall–Kier alpha value is -2.89. The fraction of sp³-hybridized carbons (Fsp3) is 0.389. The van der Waals surface area contributed by atoms with Gasteiger partial charge < -0.3 is 27.3 Å². The van der Waals surface area contributed by atoms with Crippen LogP contribution in [0.15, 0.2) is 24.3 Å². The number of ether oxygens (including phenoxy) is 1. The second-order valence-electron chi connectivity index (χ2n) is 6.69. The molecule has 2 rings (SSSR count). The highest BCUT2D eigenvalue weighted by molar-refractivity contribution is 6.31. The zero-order valence-corrected chi connectivity index (χ0v) is 18.4. The van der Waals surface area contributed by atoms with Gasteiger partial charge in [0.1, 0.15) is 6.61 Å². The summed E-state index contributed by atoms with van der Waals surface area (Å²) in [6.07, 6.45) is 9.20. The molecule has 0 aromatic carbocycles. The van der Waals surface area contributed by atoms with Crippen molar-refractivity contribution in [1.29, 1.82) is 5.41 Å². The van der Waals surface area contributed by atoms with Crippen LogP contribution in [-0.4, -0.2) is 46.0 Å². The van der Waals surface area contributed by atoms with E-state index < -0.39 is 23.5 Å². The Morgan fingerprint density at radius 2 is 1.90 bits per heavy atom. The van der Waals surface area contributed by atoms with Crippen molar-refractivity contribution in [2.45, 2.75) is 37.8 Å². The molecule has 0 fully saturated rings. The molecule has 0 bridgehead atoms. The second kappa shape index (κ2) is 11.5. The number of nitrogen functional groups attached to an aromatic ring is 2. The van der Waals surface area contributed by atoms with Gasteiger partial charge in [-0.15, -0.1) is 12.4 Å². The average Bonchev–Trinajstić information content (AvgIpc) is 2.68. The summed E-state index contributed by atoms with van der Waals surface area (Å²) in [4.78, 5) is 30.9. The standard InChI is InChI=1S/C18H25ClN8O3.ClH/c1-2-3-6-18(7-4-10(5-8-18)30-9-11(20)28)27-17(23)26-16(29)12-14(21)25-15(22)13(19)24-12;/h4-5,7-8,10H,2-3,6,9H2,1H3,(H2,20,28)(H4,21,22,25)(H3,23,26,27,29);1H. The number of halogens is 2. The first-order valence-corrected chi connectivity index (χ1v) is 9.58. The monoisotopic (exact) mass is 472 g/mol. The van der Waals surface area contributed by atoms with Crippen LogP contribution in [0.5, 0.6) is 0 Å². The number of primary amides is 1. The molecule has 1 aliphatic carbocycles. The highest BCUT2D eigenvalue weighted by Crippen LogP contribution is 2.23. The molecule has 9 N–H and O–H groups in total. The van der Waals surface area contributed by atoms with Gasteiger partial charge in [0, 0.05) is 0 Å². The predicted molar refractivity (Wildman–Crippen MR) is 121 cm³/mol. The maximum Gasteiger partial charge on any atom is 0.280 e. The zero-order chi connectivity index (χ0) is 22.3. The van der Waals surface area contributed by atoms with Gasteiger partial charge >= 0.3 is 0 Å². The smallest absolute Gasteiger partial charge is 0.280 e. The van der Waals surface area contributed by atoms with Crippen molar-refractivity contribution in [1.82, 2.24) is 20.6 Å². The van der Waals surface area contributed by atoms with E-state index in [4.69, 9.17) is 38.9 Å². The highest BCUT2D eigenvalue weighted by atomic mass is 35.5. The number of amides is 2. The summed E-state index contributed by atoms with van der Waals surface area (Å²) in [7, 11) is 0. The minimum absolute atomic E-state index is 0. The largest absolute Gasteiger partial charge is 0.382 e. The molecule has 11 nitrogen and oxygen atoms in total. The number of rotatable bonds is 8. The lowest BCUT2D eigenvalue weighted by atomic mass is 9.87. The van der Waals surface area contributed by atoms with Gasteiger partial charge in [-0.3, -0.25) is 20.3 Å². The third-order valence-corrected chi connectivity index (χ3v) is 4.52. The minimum atomic E-state index is -0.753. The third kappa shape index (κ3) is 7.39. The van der Waals surface area contributed by atoms with Crippen LogP contribution in [0.1, 0.15) is 36.7 Å². The Balaban J connectivity index is 0.00000480. The maximum atomic E-state index is 12.4. The van der Waals surface area contributed by atoms with Gasteiger partial charge in [-0.25, -0.2) is 9.97 Å². The molecule has 0 spiro atoms. The van der Waals surface area contributed by atoms with Gasteiger partial charge in [-0.2, -0.15) is 0 Å². The first kappa shape index (κ1) is 26.1. The second-order valence-corrected chi connectivity index (χ2v) is 7.05. The number of hydrogen-bond donors (Lipinski definition) is 6. The molecule has 170 valence electrons. The molecule has 0 radical (unpaired) electrons. The molecule has 0 saturated heterocycles. The summed E-state index contributed by atoms with van der Waals surface area (Å²) >= 11 is 5.80. The fourth-order valence-electron chi connectivity index (χ4n) is 2.77. The summed E-state index contributed by atoms with van der Waals surface area (Å²) in [5.74, 6) is -1.88. The summed E-state index contributed by atoms with van der Waals surface area (Å²) < 4.78 is 5.35. The van der Waals surface area contributed by atoms with Gasteiger partial charge in [0.2, 0.25) is 5.91 Å². The molecular weight excluding hydrogens is 447 g/mol. The maximum absolute atomic E-state index is 12.4. The van der Waals surface area contributed by atoms with Crippen LogP contribution in [0.3, 0.4) is 0 Å². The van der Waals surface area contributed by atoms with E-state index in [9.17, 15) is 9.59 Å². The lowest BCUT2D eigenvalue weighted by Crippen LogP contribution is -2.52. The lowest BCUT2D eigenvalue weighted by Gasteiger charge is -2.33. The van der Waals surface area contributed by atoms with Crippen molar-refractivity contribution in [2.75, 3.05) is 18.1 Å².